The summed E-state index contributed by atoms with van der Waals surface area (Å²) in [7, 11) is -3.63. The Bertz CT molecular complexity index is 1200. The SMILES string of the molecule is CC(C)(C)[Si](C)(C)OCC[C@@H](CO)C1=C[C@@H](C#C[Si](C)(C)C)N(C(=O)Oc2ccccc2)c2ccccc21. The molecule has 2 aromatic rings. The van der Waals surface area contributed by atoms with E-state index in [9.17, 15) is 9.90 Å². The smallest absolute Gasteiger partial charge is 0.417 e. The summed E-state index contributed by atoms with van der Waals surface area (Å²) in [5.74, 6) is 3.73. The molecule has 5 nitrogen and oxygen atoms in total. The minimum Gasteiger partial charge on any atom is -0.417 e. The van der Waals surface area contributed by atoms with Crippen LogP contribution in [0.4, 0.5) is 10.5 Å². The standard InChI is InChI=1S/C31H43NO4Si2/c1-31(2,3)38(7,8)35-20-18-24(23-33)28-22-25(19-21-37(4,5)6)32(29-17-13-12-16-27(28)29)30(34)36-26-14-10-9-11-15-26/h9-17,22,24-25,33H,18,20,23H2,1-8H3/t24-,25+/m0/s1. The Morgan fingerprint density at radius 1 is 1.03 bits per heavy atom. The Kier molecular flexibility index (Phi) is 9.48. The lowest BCUT2D eigenvalue weighted by Crippen LogP contribution is -2.44. The van der Waals surface area contributed by atoms with E-state index in [0.29, 0.717) is 18.8 Å². The van der Waals surface area contributed by atoms with E-state index in [2.05, 4.69) is 65.0 Å². The van der Waals surface area contributed by atoms with E-state index < -0.39 is 28.5 Å². The Hall–Kier alpha value is -2.64. The maximum Gasteiger partial charge on any atom is 0.421 e. The summed E-state index contributed by atoms with van der Waals surface area (Å²) in [5, 5.41) is 10.6. The summed E-state index contributed by atoms with van der Waals surface area (Å²) in [4.78, 5) is 15.2. The van der Waals surface area contributed by atoms with Crippen LogP contribution in [0.3, 0.4) is 0 Å². The normalized spacial score (nSPS) is 16.6. The van der Waals surface area contributed by atoms with E-state index in [-0.39, 0.29) is 17.6 Å². The van der Waals surface area contributed by atoms with E-state index in [1.54, 1.807) is 17.0 Å². The van der Waals surface area contributed by atoms with Crippen LogP contribution >= 0.6 is 0 Å². The highest BCUT2D eigenvalue weighted by molar-refractivity contribution is 6.83. The second-order valence-electron chi connectivity index (χ2n) is 12.4. The summed E-state index contributed by atoms with van der Waals surface area (Å²) in [6.07, 6.45) is 2.25. The zero-order valence-electron chi connectivity index (χ0n) is 24.2. The molecule has 0 aliphatic carbocycles. The molecular formula is C31H43NO4Si2. The molecule has 1 aliphatic heterocycles. The van der Waals surface area contributed by atoms with Crippen molar-refractivity contribution in [3.05, 3.63) is 66.2 Å². The van der Waals surface area contributed by atoms with Gasteiger partial charge in [0.25, 0.3) is 0 Å². The van der Waals surface area contributed by atoms with Crippen molar-refractivity contribution in [3.8, 4) is 17.2 Å². The van der Waals surface area contributed by atoms with Gasteiger partial charge in [0.05, 0.1) is 12.3 Å². The van der Waals surface area contributed by atoms with Gasteiger partial charge in [0.15, 0.2) is 8.32 Å². The van der Waals surface area contributed by atoms with Gasteiger partial charge in [-0.05, 0) is 54.4 Å². The molecule has 2 atom stereocenters. The quantitative estimate of drug-likeness (QED) is 0.290. The number of carbonyl (C=O) groups excluding carboxylic acids is 1. The first-order valence-electron chi connectivity index (χ1n) is 13.4. The van der Waals surface area contributed by atoms with Gasteiger partial charge in [0, 0.05) is 18.1 Å². The predicted octanol–water partition coefficient (Wildman–Crippen LogP) is 7.36. The number of carbonyl (C=O) groups is 1. The Balaban J connectivity index is 1.99. The lowest BCUT2D eigenvalue weighted by atomic mass is 9.85. The molecule has 0 bridgehead atoms. The third-order valence-electron chi connectivity index (χ3n) is 7.23. The van der Waals surface area contributed by atoms with E-state index in [1.165, 1.54) is 0 Å². The van der Waals surface area contributed by atoms with Crippen molar-refractivity contribution in [1.82, 2.24) is 0 Å². The van der Waals surface area contributed by atoms with Crippen LogP contribution in [-0.2, 0) is 4.43 Å². The van der Waals surface area contributed by atoms with Gasteiger partial charge in [-0.15, -0.1) is 5.54 Å². The maximum atomic E-state index is 13.5. The minimum atomic E-state index is -1.90. The number of para-hydroxylation sites is 2. The second kappa shape index (κ2) is 12.0. The number of rotatable bonds is 7. The highest BCUT2D eigenvalue weighted by atomic mass is 28.4. The lowest BCUT2D eigenvalue weighted by molar-refractivity contribution is 0.206. The molecule has 3 rings (SSSR count). The third kappa shape index (κ3) is 7.48. The van der Waals surface area contributed by atoms with Crippen LogP contribution in [0, 0.1) is 17.4 Å². The largest absolute Gasteiger partial charge is 0.421 e. The second-order valence-corrected chi connectivity index (χ2v) is 22.0. The molecule has 204 valence electrons. The summed E-state index contributed by atoms with van der Waals surface area (Å²) >= 11 is 0. The first-order valence-corrected chi connectivity index (χ1v) is 19.8. The fraction of sp³-hybridized carbons (Fsp3) is 0.452. The molecule has 0 saturated carbocycles. The number of hydrogen-bond acceptors (Lipinski definition) is 4. The number of aliphatic hydroxyl groups is 1. The third-order valence-corrected chi connectivity index (χ3v) is 12.7. The molecular weight excluding hydrogens is 507 g/mol. The van der Waals surface area contributed by atoms with Crippen molar-refractivity contribution >= 4 is 33.7 Å². The molecule has 0 saturated heterocycles. The number of aliphatic hydroxyl groups excluding tert-OH is 1. The minimum absolute atomic E-state index is 0.0103. The zero-order chi connectivity index (χ0) is 28.1. The predicted molar refractivity (Wildman–Crippen MR) is 163 cm³/mol. The maximum absolute atomic E-state index is 13.5. The molecule has 0 aromatic heterocycles. The number of hydrogen-bond donors (Lipinski definition) is 1. The monoisotopic (exact) mass is 549 g/mol. The van der Waals surface area contributed by atoms with Crippen LogP contribution in [0.5, 0.6) is 5.75 Å². The van der Waals surface area contributed by atoms with Gasteiger partial charge in [0.1, 0.15) is 19.9 Å². The molecule has 1 N–H and O–H groups in total. The van der Waals surface area contributed by atoms with E-state index in [4.69, 9.17) is 9.16 Å². The lowest BCUT2D eigenvalue weighted by Gasteiger charge is -2.37. The van der Waals surface area contributed by atoms with Gasteiger partial charge < -0.3 is 14.3 Å². The van der Waals surface area contributed by atoms with Crippen molar-refractivity contribution in [2.45, 2.75) is 71.0 Å². The van der Waals surface area contributed by atoms with Crippen LogP contribution < -0.4 is 9.64 Å². The van der Waals surface area contributed by atoms with Crippen LogP contribution in [0.1, 0.15) is 32.8 Å². The first kappa shape index (κ1) is 29.9. The van der Waals surface area contributed by atoms with Crippen LogP contribution in [0.25, 0.3) is 5.57 Å². The van der Waals surface area contributed by atoms with Gasteiger partial charge in [-0.1, -0.05) is 82.7 Å². The molecule has 1 amide bonds. The molecule has 0 fully saturated rings. The topological polar surface area (TPSA) is 59.0 Å². The van der Waals surface area contributed by atoms with Crippen LogP contribution in [0.2, 0.25) is 37.8 Å². The fourth-order valence-corrected chi connectivity index (χ4v) is 5.68. The van der Waals surface area contributed by atoms with Crippen molar-refractivity contribution in [1.29, 1.82) is 0 Å². The Morgan fingerprint density at radius 2 is 1.66 bits per heavy atom. The molecule has 1 aliphatic rings. The van der Waals surface area contributed by atoms with E-state index >= 15 is 0 Å². The Labute approximate surface area is 231 Å². The van der Waals surface area contributed by atoms with E-state index in [0.717, 1.165) is 16.8 Å². The summed E-state index contributed by atoms with van der Waals surface area (Å²) < 4.78 is 12.2. The number of fused-ring (bicyclic) bond motifs is 1. The molecule has 1 heterocycles. The average Bonchev–Trinajstić information content (AvgIpc) is 2.84. The summed E-state index contributed by atoms with van der Waals surface area (Å²) in [6, 6.07) is 16.4. The Morgan fingerprint density at radius 3 is 2.26 bits per heavy atom. The summed E-state index contributed by atoms with van der Waals surface area (Å²) in [5.41, 5.74) is 6.09. The molecule has 0 unspecified atom stereocenters. The highest BCUT2D eigenvalue weighted by Crippen LogP contribution is 2.40. The van der Waals surface area contributed by atoms with Crippen LogP contribution in [-0.4, -0.2) is 46.8 Å². The number of nitrogens with zero attached hydrogens (tertiary/aromatic N) is 1. The van der Waals surface area contributed by atoms with Gasteiger partial charge in [-0.3, -0.25) is 4.90 Å². The van der Waals surface area contributed by atoms with Gasteiger partial charge >= 0.3 is 6.09 Å². The van der Waals surface area contributed by atoms with Crippen molar-refractivity contribution in [2.24, 2.45) is 5.92 Å². The number of amides is 1. The van der Waals surface area contributed by atoms with Gasteiger partial charge in [0.2, 0.25) is 0 Å². The molecule has 2 aromatic carbocycles. The zero-order valence-corrected chi connectivity index (χ0v) is 26.2. The van der Waals surface area contributed by atoms with Crippen molar-refractivity contribution < 1.29 is 19.1 Å². The number of anilines is 1. The van der Waals surface area contributed by atoms with Gasteiger partial charge in [-0.25, -0.2) is 4.79 Å². The fourth-order valence-electron chi connectivity index (χ4n) is 4.03. The first-order chi connectivity index (χ1) is 17.7. The van der Waals surface area contributed by atoms with Crippen molar-refractivity contribution in [2.75, 3.05) is 18.1 Å². The van der Waals surface area contributed by atoms with Gasteiger partial charge in [-0.2, -0.15) is 0 Å². The summed E-state index contributed by atoms with van der Waals surface area (Å²) in [6.45, 7) is 18.3. The van der Waals surface area contributed by atoms with Crippen LogP contribution in [0.15, 0.2) is 60.7 Å². The highest BCUT2D eigenvalue weighted by Gasteiger charge is 2.38. The molecule has 38 heavy (non-hydrogen) atoms. The van der Waals surface area contributed by atoms with E-state index in [1.807, 2.05) is 48.5 Å². The average molecular weight is 550 g/mol. The number of benzene rings is 2. The molecule has 0 spiro atoms. The molecule has 7 heteroatoms. The van der Waals surface area contributed by atoms with Crippen molar-refractivity contribution in [3.63, 3.8) is 0 Å². The molecule has 0 radical (unpaired) electrons. The number of ether oxygens (including phenoxy) is 1.